The number of nitrogens with zero attached hydrogens (tertiary/aromatic N) is 4. The molecule has 0 bridgehead atoms. The molecule has 3 heterocycles. The number of hydrogen-bond donors (Lipinski definition) is 1. The average molecular weight is 431 g/mol. The van der Waals surface area contributed by atoms with E-state index in [1.165, 1.54) is 10.1 Å². The second-order valence-corrected chi connectivity index (χ2v) is 8.18. The molecule has 5 rings (SSSR count). The molecule has 0 saturated carbocycles. The van der Waals surface area contributed by atoms with Crippen LogP contribution >= 0.6 is 0 Å². The first-order valence-corrected chi connectivity index (χ1v) is 10.3. The van der Waals surface area contributed by atoms with Gasteiger partial charge in [-0.3, -0.25) is 14.4 Å². The maximum absolute atomic E-state index is 12.6. The molecule has 162 valence electrons. The van der Waals surface area contributed by atoms with Crippen molar-refractivity contribution in [3.05, 3.63) is 74.1 Å². The number of carbonyl (C=O) groups is 1. The minimum Gasteiger partial charge on any atom is -0.339 e. The number of benzene rings is 2. The molecule has 4 aromatic rings. The van der Waals surface area contributed by atoms with Crippen molar-refractivity contribution in [2.45, 2.75) is 26.2 Å². The number of aryl methyl sites for hydroxylation is 3. The first-order valence-electron chi connectivity index (χ1n) is 10.3. The van der Waals surface area contributed by atoms with Gasteiger partial charge in [0.25, 0.3) is 0 Å². The van der Waals surface area contributed by atoms with E-state index >= 15 is 0 Å². The molecular weight excluding hydrogens is 410 g/mol. The zero-order chi connectivity index (χ0) is 22.6. The molecule has 2 aromatic heterocycles. The Bertz CT molecular complexity index is 1500. The van der Waals surface area contributed by atoms with Crippen LogP contribution in [0.1, 0.15) is 29.4 Å². The Morgan fingerprint density at radius 1 is 1.06 bits per heavy atom. The van der Waals surface area contributed by atoms with Gasteiger partial charge in [-0.2, -0.15) is 4.98 Å². The number of aromatic nitrogens is 4. The maximum Gasteiger partial charge on any atom is 0.316 e. The van der Waals surface area contributed by atoms with Crippen molar-refractivity contribution >= 4 is 22.6 Å². The van der Waals surface area contributed by atoms with Crippen LogP contribution in [-0.2, 0) is 11.8 Å². The predicted octanol–water partition coefficient (Wildman–Crippen LogP) is 2.41. The van der Waals surface area contributed by atoms with Gasteiger partial charge in [0.2, 0.25) is 17.6 Å². The van der Waals surface area contributed by atoms with E-state index in [1.807, 2.05) is 32.0 Å². The molecule has 32 heavy (non-hydrogen) atoms. The van der Waals surface area contributed by atoms with Crippen molar-refractivity contribution in [3.8, 4) is 11.4 Å². The van der Waals surface area contributed by atoms with Crippen LogP contribution in [0.15, 0.2) is 50.5 Å². The Hall–Kier alpha value is -4.01. The van der Waals surface area contributed by atoms with Crippen LogP contribution in [0.25, 0.3) is 22.4 Å². The summed E-state index contributed by atoms with van der Waals surface area (Å²) in [6.45, 7) is 4.53. The summed E-state index contributed by atoms with van der Waals surface area (Å²) in [5.41, 5.74) is 3.58. The maximum atomic E-state index is 12.6. The largest absolute Gasteiger partial charge is 0.339 e. The fraction of sp³-hybridized carbons (Fsp3) is 0.261. The van der Waals surface area contributed by atoms with Crippen LogP contribution in [0.3, 0.4) is 0 Å². The fourth-order valence-corrected chi connectivity index (χ4v) is 4.04. The summed E-state index contributed by atoms with van der Waals surface area (Å²) in [5, 5.41) is 4.07. The second-order valence-electron chi connectivity index (χ2n) is 8.18. The van der Waals surface area contributed by atoms with E-state index in [4.69, 9.17) is 4.52 Å². The van der Waals surface area contributed by atoms with E-state index < -0.39 is 11.1 Å². The third-order valence-corrected chi connectivity index (χ3v) is 6.08. The predicted molar refractivity (Wildman–Crippen MR) is 119 cm³/mol. The lowest BCUT2D eigenvalue weighted by Crippen LogP contribution is -2.34. The number of H-pyrrole nitrogens is 1. The number of hydrogen-bond acceptors (Lipinski definition) is 6. The van der Waals surface area contributed by atoms with Crippen molar-refractivity contribution in [3.63, 3.8) is 0 Å². The molecule has 0 aliphatic carbocycles. The van der Waals surface area contributed by atoms with Crippen molar-refractivity contribution in [1.82, 2.24) is 19.7 Å². The quantitative estimate of drug-likeness (QED) is 0.498. The second kappa shape index (κ2) is 7.30. The molecule has 2 aromatic carbocycles. The lowest BCUT2D eigenvalue weighted by molar-refractivity contribution is -0.117. The summed E-state index contributed by atoms with van der Waals surface area (Å²) in [5.74, 6) is 0.566. The molecule has 1 unspecified atom stereocenters. The van der Waals surface area contributed by atoms with Crippen LogP contribution in [0.2, 0.25) is 0 Å². The van der Waals surface area contributed by atoms with E-state index in [9.17, 15) is 14.4 Å². The standard InChI is InChI=1S/C23H21N5O4/c1-12-4-6-16(8-13(12)2)28-11-15(10-19(28)29)22-25-20(26-32-22)14-5-7-18-17(9-14)24-21(30)23(31)27(18)3/h4-9,15H,10-11H2,1-3H3,(H,24,30). The number of rotatable bonds is 3. The van der Waals surface area contributed by atoms with E-state index in [0.29, 0.717) is 41.3 Å². The van der Waals surface area contributed by atoms with E-state index in [2.05, 4.69) is 15.1 Å². The molecule has 0 radical (unpaired) electrons. The Morgan fingerprint density at radius 2 is 1.88 bits per heavy atom. The fourth-order valence-electron chi connectivity index (χ4n) is 4.04. The van der Waals surface area contributed by atoms with Crippen LogP contribution in [-0.4, -0.2) is 32.1 Å². The summed E-state index contributed by atoms with van der Waals surface area (Å²) in [4.78, 5) is 45.1. The zero-order valence-corrected chi connectivity index (χ0v) is 17.9. The van der Waals surface area contributed by atoms with Crippen molar-refractivity contribution in [2.75, 3.05) is 11.4 Å². The number of anilines is 1. The molecule has 1 fully saturated rings. The molecule has 1 amide bonds. The summed E-state index contributed by atoms with van der Waals surface area (Å²) in [6, 6.07) is 11.2. The van der Waals surface area contributed by atoms with Gasteiger partial charge in [-0.25, -0.2) is 0 Å². The van der Waals surface area contributed by atoms with Gasteiger partial charge in [0.15, 0.2) is 0 Å². The minimum absolute atomic E-state index is 0.0159. The summed E-state index contributed by atoms with van der Waals surface area (Å²) in [6.07, 6.45) is 0.293. The zero-order valence-electron chi connectivity index (χ0n) is 17.9. The van der Waals surface area contributed by atoms with Gasteiger partial charge < -0.3 is 19.0 Å². The van der Waals surface area contributed by atoms with E-state index in [1.54, 1.807) is 30.1 Å². The van der Waals surface area contributed by atoms with Gasteiger partial charge in [0.1, 0.15) is 0 Å². The van der Waals surface area contributed by atoms with Gasteiger partial charge in [0, 0.05) is 31.3 Å². The van der Waals surface area contributed by atoms with Crippen molar-refractivity contribution < 1.29 is 9.32 Å². The van der Waals surface area contributed by atoms with Crippen LogP contribution in [0, 0.1) is 13.8 Å². The molecule has 9 nitrogen and oxygen atoms in total. The number of fused-ring (bicyclic) bond motifs is 1. The topological polar surface area (TPSA) is 114 Å². The summed E-state index contributed by atoms with van der Waals surface area (Å²) in [7, 11) is 1.55. The number of aromatic amines is 1. The number of carbonyl (C=O) groups excluding carboxylic acids is 1. The monoisotopic (exact) mass is 431 g/mol. The molecule has 1 aliphatic heterocycles. The van der Waals surface area contributed by atoms with E-state index in [0.717, 1.165) is 11.3 Å². The molecule has 9 heteroatoms. The highest BCUT2D eigenvalue weighted by Gasteiger charge is 2.35. The summed E-state index contributed by atoms with van der Waals surface area (Å²) < 4.78 is 6.79. The highest BCUT2D eigenvalue weighted by atomic mass is 16.5. The Morgan fingerprint density at radius 3 is 2.66 bits per heavy atom. The Balaban J connectivity index is 1.43. The minimum atomic E-state index is -0.693. The Labute approximate surface area is 182 Å². The molecule has 0 spiro atoms. The van der Waals surface area contributed by atoms with Gasteiger partial charge in [-0.05, 0) is 55.3 Å². The molecule has 1 saturated heterocycles. The first-order chi connectivity index (χ1) is 15.3. The normalized spacial score (nSPS) is 16.3. The van der Waals surface area contributed by atoms with Crippen LogP contribution in [0.4, 0.5) is 5.69 Å². The first kappa shape index (κ1) is 19.9. The molecule has 1 N–H and O–H groups in total. The van der Waals surface area contributed by atoms with Gasteiger partial charge in [0.05, 0.1) is 17.0 Å². The van der Waals surface area contributed by atoms with Gasteiger partial charge in [-0.1, -0.05) is 11.2 Å². The molecule has 1 atom stereocenters. The van der Waals surface area contributed by atoms with E-state index in [-0.39, 0.29) is 11.8 Å². The van der Waals surface area contributed by atoms with Crippen molar-refractivity contribution in [2.24, 2.45) is 7.05 Å². The van der Waals surface area contributed by atoms with Gasteiger partial charge in [-0.15, -0.1) is 0 Å². The third-order valence-electron chi connectivity index (χ3n) is 6.08. The lowest BCUT2D eigenvalue weighted by Gasteiger charge is -2.17. The SMILES string of the molecule is Cc1ccc(N2CC(c3nc(-c4ccc5c(c4)[nH]c(=O)c(=O)n5C)no3)CC2=O)cc1C. The Kier molecular flexibility index (Phi) is 4.54. The highest BCUT2D eigenvalue weighted by Crippen LogP contribution is 2.33. The molecular formula is C23H21N5O4. The smallest absolute Gasteiger partial charge is 0.316 e. The molecule has 1 aliphatic rings. The average Bonchev–Trinajstić information content (AvgIpc) is 3.41. The third kappa shape index (κ3) is 3.22. The van der Waals surface area contributed by atoms with Crippen LogP contribution in [0.5, 0.6) is 0 Å². The number of nitrogens with one attached hydrogen (secondary N) is 1. The number of amides is 1. The van der Waals surface area contributed by atoms with Crippen LogP contribution < -0.4 is 16.0 Å². The summed E-state index contributed by atoms with van der Waals surface area (Å²) >= 11 is 0. The lowest BCUT2D eigenvalue weighted by atomic mass is 10.1. The highest BCUT2D eigenvalue weighted by molar-refractivity contribution is 5.96. The van der Waals surface area contributed by atoms with Gasteiger partial charge >= 0.3 is 11.1 Å². The van der Waals surface area contributed by atoms with Crippen molar-refractivity contribution in [1.29, 1.82) is 0 Å².